The molecular weight excluding hydrogens is 360 g/mol. The Labute approximate surface area is 155 Å². The van der Waals surface area contributed by atoms with E-state index in [1.54, 1.807) is 23.1 Å². The maximum Gasteiger partial charge on any atom is 0.251 e. The molecule has 0 radical (unpaired) electrons. The lowest BCUT2D eigenvalue weighted by molar-refractivity contribution is 0.0620. The summed E-state index contributed by atoms with van der Waals surface area (Å²) in [7, 11) is 0. The van der Waals surface area contributed by atoms with Crippen molar-refractivity contribution in [1.29, 1.82) is 0 Å². The monoisotopic (exact) mass is 378 g/mol. The lowest BCUT2D eigenvalue weighted by Gasteiger charge is -2.44. The number of hydrogen-bond acceptors (Lipinski definition) is 4. The third-order valence-electron chi connectivity index (χ3n) is 4.85. The fourth-order valence-corrected chi connectivity index (χ4v) is 5.70. The number of fused-ring (bicyclic) bond motifs is 3. The largest absolute Gasteiger partial charge is 0.348 e. The third-order valence-corrected chi connectivity index (χ3v) is 7.29. The molecule has 1 aromatic heterocycles. The molecule has 6 heteroatoms. The molecule has 24 heavy (non-hydrogen) atoms. The van der Waals surface area contributed by atoms with Gasteiger partial charge in [0.25, 0.3) is 5.91 Å². The average Bonchev–Trinajstić information content (AvgIpc) is 3.01. The SMILES string of the molecule is O=C(NC1CN2CCC1CC2)c1ccc(Sc2cc(Cl)cs2)cc1. The number of carbonyl (C=O) groups is 1. The van der Waals surface area contributed by atoms with E-state index < -0.39 is 0 Å². The van der Waals surface area contributed by atoms with E-state index >= 15 is 0 Å². The molecule has 0 spiro atoms. The molecule has 1 aromatic carbocycles. The van der Waals surface area contributed by atoms with Gasteiger partial charge >= 0.3 is 0 Å². The zero-order chi connectivity index (χ0) is 16.5. The summed E-state index contributed by atoms with van der Waals surface area (Å²) in [6.45, 7) is 3.38. The Bertz CT molecular complexity index is 723. The molecule has 3 nitrogen and oxygen atoms in total. The van der Waals surface area contributed by atoms with E-state index in [4.69, 9.17) is 11.6 Å². The van der Waals surface area contributed by atoms with Crippen molar-refractivity contribution in [2.75, 3.05) is 19.6 Å². The second kappa shape index (κ2) is 7.08. The van der Waals surface area contributed by atoms with E-state index in [2.05, 4.69) is 10.2 Å². The highest BCUT2D eigenvalue weighted by Gasteiger charge is 2.34. The number of halogens is 1. The van der Waals surface area contributed by atoms with Crippen molar-refractivity contribution in [2.45, 2.75) is 28.0 Å². The molecule has 1 amide bonds. The molecule has 1 unspecified atom stereocenters. The first-order chi connectivity index (χ1) is 11.7. The molecule has 3 aliphatic heterocycles. The van der Waals surface area contributed by atoms with Crippen LogP contribution in [0.1, 0.15) is 23.2 Å². The smallest absolute Gasteiger partial charge is 0.251 e. The molecule has 126 valence electrons. The summed E-state index contributed by atoms with van der Waals surface area (Å²) in [6, 6.07) is 10.1. The van der Waals surface area contributed by atoms with Crippen LogP contribution in [-0.2, 0) is 0 Å². The lowest BCUT2D eigenvalue weighted by Crippen LogP contribution is -2.57. The highest BCUT2D eigenvalue weighted by molar-refractivity contribution is 8.01. The normalized spacial score (nSPS) is 25.6. The van der Waals surface area contributed by atoms with Crippen LogP contribution in [0, 0.1) is 5.92 Å². The van der Waals surface area contributed by atoms with Gasteiger partial charge in [0.2, 0.25) is 0 Å². The van der Waals surface area contributed by atoms with Crippen molar-refractivity contribution in [1.82, 2.24) is 10.2 Å². The van der Waals surface area contributed by atoms with Gasteiger partial charge in [0.15, 0.2) is 0 Å². The Morgan fingerprint density at radius 1 is 1.25 bits per heavy atom. The number of rotatable bonds is 4. The maximum absolute atomic E-state index is 12.5. The van der Waals surface area contributed by atoms with E-state index in [9.17, 15) is 4.79 Å². The van der Waals surface area contributed by atoms with Gasteiger partial charge in [-0.3, -0.25) is 4.79 Å². The molecular formula is C18H19ClN2OS2. The highest BCUT2D eigenvalue weighted by Crippen LogP contribution is 2.34. The van der Waals surface area contributed by atoms with Gasteiger partial charge in [0.05, 0.1) is 9.23 Å². The maximum atomic E-state index is 12.5. The standard InChI is InChI=1S/C18H19ClN2OS2/c19-14-9-17(23-11-14)24-15-3-1-13(2-4-15)18(22)20-16-10-21-7-5-12(16)6-8-21/h1-4,9,11-12,16H,5-8,10H2,(H,20,22). The van der Waals surface area contributed by atoms with E-state index in [0.717, 1.165) is 26.2 Å². The molecule has 3 fully saturated rings. The Balaban J connectivity index is 1.38. The van der Waals surface area contributed by atoms with Gasteiger partial charge in [-0.1, -0.05) is 23.4 Å². The number of nitrogens with zero attached hydrogens (tertiary/aromatic N) is 1. The molecule has 3 aliphatic rings. The minimum Gasteiger partial charge on any atom is -0.348 e. The first-order valence-electron chi connectivity index (χ1n) is 8.22. The van der Waals surface area contributed by atoms with Crippen molar-refractivity contribution < 1.29 is 4.79 Å². The van der Waals surface area contributed by atoms with Gasteiger partial charge < -0.3 is 10.2 Å². The van der Waals surface area contributed by atoms with Crippen molar-refractivity contribution in [3.8, 4) is 0 Å². The van der Waals surface area contributed by atoms with Crippen molar-refractivity contribution >= 4 is 40.6 Å². The number of hydrogen-bond donors (Lipinski definition) is 1. The zero-order valence-corrected chi connectivity index (χ0v) is 15.6. The van der Waals surface area contributed by atoms with E-state index in [0.29, 0.717) is 12.0 Å². The van der Waals surface area contributed by atoms with Crippen LogP contribution in [0.5, 0.6) is 0 Å². The fourth-order valence-electron chi connectivity index (χ4n) is 3.52. The number of thiophene rings is 1. The summed E-state index contributed by atoms with van der Waals surface area (Å²) < 4.78 is 1.16. The van der Waals surface area contributed by atoms with Gasteiger partial charge in [-0.15, -0.1) is 11.3 Å². The first kappa shape index (κ1) is 16.5. The second-order valence-electron chi connectivity index (χ2n) is 6.43. The summed E-state index contributed by atoms with van der Waals surface area (Å²) in [6.07, 6.45) is 2.42. The summed E-state index contributed by atoms with van der Waals surface area (Å²) in [5, 5.41) is 5.94. The van der Waals surface area contributed by atoms with E-state index in [-0.39, 0.29) is 5.91 Å². The number of carbonyl (C=O) groups excluding carboxylic acids is 1. The molecule has 5 rings (SSSR count). The quantitative estimate of drug-likeness (QED) is 0.857. The van der Waals surface area contributed by atoms with Crippen LogP contribution in [0.2, 0.25) is 5.02 Å². The van der Waals surface area contributed by atoms with E-state index in [1.807, 2.05) is 35.7 Å². The van der Waals surface area contributed by atoms with Crippen LogP contribution in [0.4, 0.5) is 0 Å². The predicted molar refractivity (Wildman–Crippen MR) is 100 cm³/mol. The highest BCUT2D eigenvalue weighted by atomic mass is 35.5. The van der Waals surface area contributed by atoms with Gasteiger partial charge in [-0.25, -0.2) is 0 Å². The number of benzene rings is 1. The van der Waals surface area contributed by atoms with Gasteiger partial charge in [0, 0.05) is 28.4 Å². The third kappa shape index (κ3) is 3.64. The van der Waals surface area contributed by atoms with Crippen LogP contribution >= 0.6 is 34.7 Å². The van der Waals surface area contributed by atoms with Crippen LogP contribution in [-0.4, -0.2) is 36.5 Å². The van der Waals surface area contributed by atoms with Gasteiger partial charge in [-0.05, 0) is 62.2 Å². The topological polar surface area (TPSA) is 32.3 Å². The van der Waals surface area contributed by atoms with Crippen LogP contribution in [0.15, 0.2) is 44.8 Å². The van der Waals surface area contributed by atoms with Crippen LogP contribution in [0.3, 0.4) is 0 Å². The predicted octanol–water partition coefficient (Wildman–Crippen LogP) is 4.38. The molecule has 1 atom stereocenters. The molecule has 4 heterocycles. The Morgan fingerprint density at radius 3 is 2.58 bits per heavy atom. The Morgan fingerprint density at radius 2 is 2.00 bits per heavy atom. The van der Waals surface area contributed by atoms with Crippen molar-refractivity contribution in [2.24, 2.45) is 5.92 Å². The lowest BCUT2D eigenvalue weighted by atomic mass is 9.84. The summed E-state index contributed by atoms with van der Waals surface area (Å²) in [5.74, 6) is 0.696. The molecule has 3 saturated heterocycles. The molecule has 1 N–H and O–H groups in total. The summed E-state index contributed by atoms with van der Waals surface area (Å²) >= 11 is 9.26. The molecule has 2 aromatic rings. The second-order valence-corrected chi connectivity index (χ2v) is 9.15. The van der Waals surface area contributed by atoms with Gasteiger partial charge in [0.1, 0.15) is 0 Å². The first-order valence-corrected chi connectivity index (χ1v) is 10.3. The number of piperidine rings is 3. The summed E-state index contributed by atoms with van der Waals surface area (Å²) in [5.41, 5.74) is 0.736. The summed E-state index contributed by atoms with van der Waals surface area (Å²) in [4.78, 5) is 16.1. The van der Waals surface area contributed by atoms with Crippen molar-refractivity contribution in [3.05, 3.63) is 46.3 Å². The van der Waals surface area contributed by atoms with Gasteiger partial charge in [-0.2, -0.15) is 0 Å². The Kier molecular flexibility index (Phi) is 4.86. The Hall–Kier alpha value is -1.01. The number of amides is 1. The molecule has 0 aliphatic carbocycles. The van der Waals surface area contributed by atoms with Crippen LogP contribution in [0.25, 0.3) is 0 Å². The van der Waals surface area contributed by atoms with Crippen LogP contribution < -0.4 is 5.32 Å². The average molecular weight is 379 g/mol. The minimum absolute atomic E-state index is 0.0458. The van der Waals surface area contributed by atoms with E-state index in [1.165, 1.54) is 25.9 Å². The number of nitrogens with one attached hydrogen (secondary N) is 1. The molecule has 2 bridgehead atoms. The minimum atomic E-state index is 0.0458. The zero-order valence-electron chi connectivity index (χ0n) is 13.2. The fraction of sp³-hybridized carbons (Fsp3) is 0.389. The molecule has 0 saturated carbocycles. The van der Waals surface area contributed by atoms with Crippen molar-refractivity contribution in [3.63, 3.8) is 0 Å².